The van der Waals surface area contributed by atoms with E-state index >= 15 is 0 Å². The Labute approximate surface area is 274 Å². The second-order valence-electron chi connectivity index (χ2n) is 13.0. The average Bonchev–Trinajstić information content (AvgIpc) is 3.03. The normalized spacial score (nSPS) is 13.5. The van der Waals surface area contributed by atoms with Crippen LogP contribution in [0, 0.1) is 0 Å². The summed E-state index contributed by atoms with van der Waals surface area (Å²) in [6, 6.07) is -0.637. The third kappa shape index (κ3) is 32.0. The Kier molecular flexibility index (Phi) is 34.9. The molecule has 0 bridgehead atoms. The SMILES string of the molecule is CCCCCCCC/C=C\CCCCCCCCCCCC(=O)NC(CO)C(O)/C=C/CC/C=C/CCCCCCCCC. The first-order chi connectivity index (χ1) is 21.7. The van der Waals surface area contributed by atoms with Crippen molar-refractivity contribution in [1.82, 2.24) is 5.32 Å². The fraction of sp³-hybridized carbons (Fsp3) is 0.825. The van der Waals surface area contributed by atoms with Crippen molar-refractivity contribution >= 4 is 5.91 Å². The molecule has 0 spiro atoms. The highest BCUT2D eigenvalue weighted by atomic mass is 16.3. The monoisotopic (exact) mass is 618 g/mol. The van der Waals surface area contributed by atoms with Crippen molar-refractivity contribution < 1.29 is 15.0 Å². The van der Waals surface area contributed by atoms with Crippen molar-refractivity contribution in [2.45, 2.75) is 206 Å². The van der Waals surface area contributed by atoms with E-state index in [0.717, 1.165) is 32.1 Å². The maximum atomic E-state index is 12.3. The van der Waals surface area contributed by atoms with Gasteiger partial charge in [0.2, 0.25) is 5.91 Å². The first-order valence-corrected chi connectivity index (χ1v) is 19.2. The van der Waals surface area contributed by atoms with Crippen LogP contribution in [-0.2, 0) is 4.79 Å². The molecule has 2 unspecified atom stereocenters. The number of hydrogen-bond acceptors (Lipinski definition) is 3. The molecule has 258 valence electrons. The number of carbonyl (C=O) groups is 1. The predicted octanol–water partition coefficient (Wildman–Crippen LogP) is 11.5. The molecule has 0 fully saturated rings. The Hall–Kier alpha value is -1.39. The Bertz CT molecular complexity index is 672. The highest BCUT2D eigenvalue weighted by molar-refractivity contribution is 5.76. The molecule has 0 saturated carbocycles. The minimum absolute atomic E-state index is 0.0779. The Balaban J connectivity index is 3.63. The predicted molar refractivity (Wildman–Crippen MR) is 193 cm³/mol. The van der Waals surface area contributed by atoms with Crippen LogP contribution >= 0.6 is 0 Å². The third-order valence-corrected chi connectivity index (χ3v) is 8.60. The van der Waals surface area contributed by atoms with E-state index in [1.165, 1.54) is 141 Å². The first kappa shape index (κ1) is 42.6. The van der Waals surface area contributed by atoms with Crippen LogP contribution in [0.25, 0.3) is 0 Å². The van der Waals surface area contributed by atoms with Gasteiger partial charge in [-0.15, -0.1) is 0 Å². The van der Waals surface area contributed by atoms with Crippen molar-refractivity contribution in [2.75, 3.05) is 6.61 Å². The molecule has 0 heterocycles. The van der Waals surface area contributed by atoms with Crippen molar-refractivity contribution in [1.29, 1.82) is 0 Å². The van der Waals surface area contributed by atoms with Crippen LogP contribution < -0.4 is 5.32 Å². The van der Waals surface area contributed by atoms with Gasteiger partial charge in [-0.2, -0.15) is 0 Å². The number of allylic oxidation sites excluding steroid dienone is 5. The van der Waals surface area contributed by atoms with E-state index in [9.17, 15) is 15.0 Å². The van der Waals surface area contributed by atoms with Crippen LogP contribution in [0.1, 0.15) is 194 Å². The minimum Gasteiger partial charge on any atom is -0.394 e. The van der Waals surface area contributed by atoms with Gasteiger partial charge >= 0.3 is 0 Å². The summed E-state index contributed by atoms with van der Waals surface area (Å²) in [6.45, 7) is 4.27. The average molecular weight is 618 g/mol. The fourth-order valence-electron chi connectivity index (χ4n) is 5.60. The van der Waals surface area contributed by atoms with Gasteiger partial charge in [-0.1, -0.05) is 166 Å². The highest BCUT2D eigenvalue weighted by Gasteiger charge is 2.17. The quantitative estimate of drug-likeness (QED) is 0.0497. The molecule has 0 saturated heterocycles. The van der Waals surface area contributed by atoms with Crippen LogP contribution in [0.3, 0.4) is 0 Å². The van der Waals surface area contributed by atoms with E-state index < -0.39 is 12.1 Å². The van der Waals surface area contributed by atoms with Gasteiger partial charge in [-0.05, 0) is 57.8 Å². The van der Waals surface area contributed by atoms with Crippen LogP contribution in [0.2, 0.25) is 0 Å². The van der Waals surface area contributed by atoms with Crippen LogP contribution in [0.5, 0.6) is 0 Å². The van der Waals surface area contributed by atoms with Gasteiger partial charge in [-0.25, -0.2) is 0 Å². The third-order valence-electron chi connectivity index (χ3n) is 8.60. The molecule has 0 aromatic rings. The zero-order valence-electron chi connectivity index (χ0n) is 29.4. The number of aliphatic hydroxyl groups is 2. The molecule has 0 aliphatic rings. The smallest absolute Gasteiger partial charge is 0.220 e. The molecule has 0 aliphatic carbocycles. The first-order valence-electron chi connectivity index (χ1n) is 19.2. The molecule has 0 aromatic carbocycles. The molecule has 0 aliphatic heterocycles. The van der Waals surface area contributed by atoms with Gasteiger partial charge in [0.25, 0.3) is 0 Å². The lowest BCUT2D eigenvalue weighted by Crippen LogP contribution is -2.45. The molecule has 3 N–H and O–H groups in total. The van der Waals surface area contributed by atoms with E-state index in [-0.39, 0.29) is 12.5 Å². The molecule has 0 radical (unpaired) electrons. The number of hydrogen-bond donors (Lipinski definition) is 3. The summed E-state index contributed by atoms with van der Waals surface area (Å²) < 4.78 is 0. The number of carbonyl (C=O) groups excluding carboxylic acids is 1. The lowest BCUT2D eigenvalue weighted by Gasteiger charge is -2.19. The summed E-state index contributed by atoms with van der Waals surface area (Å²) in [7, 11) is 0. The topological polar surface area (TPSA) is 69.6 Å². The van der Waals surface area contributed by atoms with Crippen molar-refractivity contribution in [3.63, 3.8) is 0 Å². The Morgan fingerprint density at radius 2 is 0.886 bits per heavy atom. The molecule has 44 heavy (non-hydrogen) atoms. The summed E-state index contributed by atoms with van der Waals surface area (Å²) in [6.07, 6.45) is 46.6. The Morgan fingerprint density at radius 1 is 0.523 bits per heavy atom. The largest absolute Gasteiger partial charge is 0.394 e. The fourth-order valence-corrected chi connectivity index (χ4v) is 5.60. The van der Waals surface area contributed by atoms with Crippen molar-refractivity contribution in [2.24, 2.45) is 0 Å². The van der Waals surface area contributed by atoms with Gasteiger partial charge in [0.05, 0.1) is 18.8 Å². The van der Waals surface area contributed by atoms with E-state index in [2.05, 4.69) is 43.5 Å². The van der Waals surface area contributed by atoms with E-state index in [4.69, 9.17) is 0 Å². The van der Waals surface area contributed by atoms with Gasteiger partial charge in [0.15, 0.2) is 0 Å². The van der Waals surface area contributed by atoms with Crippen molar-refractivity contribution in [3.05, 3.63) is 36.5 Å². The summed E-state index contributed by atoms with van der Waals surface area (Å²) in [4.78, 5) is 12.3. The lowest BCUT2D eigenvalue weighted by molar-refractivity contribution is -0.123. The number of amides is 1. The van der Waals surface area contributed by atoms with E-state index in [1.54, 1.807) is 6.08 Å². The summed E-state index contributed by atoms with van der Waals surface area (Å²) >= 11 is 0. The maximum Gasteiger partial charge on any atom is 0.220 e. The minimum atomic E-state index is -0.859. The number of unbranched alkanes of at least 4 members (excludes halogenated alkanes) is 23. The maximum absolute atomic E-state index is 12.3. The van der Waals surface area contributed by atoms with Crippen LogP contribution in [0.15, 0.2) is 36.5 Å². The Morgan fingerprint density at radius 3 is 1.32 bits per heavy atom. The van der Waals surface area contributed by atoms with Crippen molar-refractivity contribution in [3.8, 4) is 0 Å². The molecule has 4 heteroatoms. The zero-order chi connectivity index (χ0) is 32.2. The van der Waals surface area contributed by atoms with Gasteiger partial charge in [0, 0.05) is 6.42 Å². The summed E-state index contributed by atoms with van der Waals surface area (Å²) in [5.41, 5.74) is 0. The standard InChI is InChI=1S/C40H75NO3/c1-3-5-7-9-11-13-15-17-18-19-20-21-22-24-26-28-30-32-34-36-40(44)41-38(37-42)39(43)35-33-31-29-27-25-23-16-14-12-10-8-6-4-2/h17-18,25,27,33,35,38-39,42-43H,3-16,19-24,26,28-32,34,36-37H2,1-2H3,(H,41,44)/b18-17-,27-25+,35-33+. The second-order valence-corrected chi connectivity index (χ2v) is 13.0. The van der Waals surface area contributed by atoms with Gasteiger partial charge in [-0.3, -0.25) is 4.79 Å². The molecule has 0 rings (SSSR count). The summed E-state index contributed by atoms with van der Waals surface area (Å²) in [5, 5.41) is 22.9. The molecule has 1 amide bonds. The molecular weight excluding hydrogens is 542 g/mol. The van der Waals surface area contributed by atoms with Crippen LogP contribution in [0.4, 0.5) is 0 Å². The molecule has 4 nitrogen and oxygen atoms in total. The van der Waals surface area contributed by atoms with E-state index in [0.29, 0.717) is 6.42 Å². The molecule has 0 aromatic heterocycles. The van der Waals surface area contributed by atoms with Gasteiger partial charge < -0.3 is 15.5 Å². The highest BCUT2D eigenvalue weighted by Crippen LogP contribution is 2.13. The number of rotatable bonds is 34. The van der Waals surface area contributed by atoms with E-state index in [1.807, 2.05) is 6.08 Å². The number of nitrogens with one attached hydrogen (secondary N) is 1. The van der Waals surface area contributed by atoms with Gasteiger partial charge in [0.1, 0.15) is 0 Å². The summed E-state index contributed by atoms with van der Waals surface area (Å²) in [5.74, 6) is -0.0779. The molecular formula is C40H75NO3. The number of aliphatic hydroxyl groups excluding tert-OH is 2. The van der Waals surface area contributed by atoms with Crippen LogP contribution in [-0.4, -0.2) is 34.9 Å². The zero-order valence-corrected chi connectivity index (χ0v) is 29.4. The lowest BCUT2D eigenvalue weighted by atomic mass is 10.0. The second kappa shape index (κ2) is 36.1. The molecule has 2 atom stereocenters.